The Bertz CT molecular complexity index is 857. The smallest absolute Gasteiger partial charge is 0.363 e. The van der Waals surface area contributed by atoms with Crippen LogP contribution in [-0.2, 0) is 9.53 Å². The first kappa shape index (κ1) is 14.9. The highest BCUT2D eigenvalue weighted by Gasteiger charge is 2.28. The minimum atomic E-state index is -0.659. The van der Waals surface area contributed by atoms with Crippen LogP contribution in [0, 0.1) is 10.1 Å². The van der Waals surface area contributed by atoms with Crippen LogP contribution in [0.15, 0.2) is 59.2 Å². The summed E-state index contributed by atoms with van der Waals surface area (Å²) in [5, 5.41) is 11.6. The maximum Gasteiger partial charge on any atom is 0.363 e. The molecule has 0 spiro atoms. The maximum absolute atomic E-state index is 11.9. The van der Waals surface area contributed by atoms with Crippen molar-refractivity contribution in [3.63, 3.8) is 0 Å². The van der Waals surface area contributed by atoms with Gasteiger partial charge in [0.2, 0.25) is 5.90 Å². The zero-order valence-electron chi connectivity index (χ0n) is 11.6. The molecule has 7 heteroatoms. The van der Waals surface area contributed by atoms with Gasteiger partial charge in [-0.1, -0.05) is 35.9 Å². The minimum Gasteiger partial charge on any atom is -0.402 e. The Morgan fingerprint density at radius 1 is 1.13 bits per heavy atom. The number of halogens is 1. The standard InChI is InChI=1S/C16H9ClN2O4/c17-11-7-5-10(6-8-11)9-13-16(20)23-15(18-13)12-3-1-2-4-14(12)19(21)22/h1-9H/b13-9-. The average Bonchev–Trinajstić information content (AvgIpc) is 2.90. The Balaban J connectivity index is 1.99. The highest BCUT2D eigenvalue weighted by Crippen LogP contribution is 2.25. The first-order valence-corrected chi connectivity index (χ1v) is 6.94. The van der Waals surface area contributed by atoms with Gasteiger partial charge in [-0.3, -0.25) is 10.1 Å². The number of carbonyl (C=O) groups is 1. The van der Waals surface area contributed by atoms with E-state index in [2.05, 4.69) is 4.99 Å². The number of esters is 1. The first-order chi connectivity index (χ1) is 11.0. The van der Waals surface area contributed by atoms with Gasteiger partial charge in [0.1, 0.15) is 5.56 Å². The van der Waals surface area contributed by atoms with Crippen molar-refractivity contribution in [3.05, 3.63) is 80.5 Å². The van der Waals surface area contributed by atoms with E-state index in [1.165, 1.54) is 24.3 Å². The highest BCUT2D eigenvalue weighted by atomic mass is 35.5. The van der Waals surface area contributed by atoms with Crippen molar-refractivity contribution in [3.8, 4) is 0 Å². The molecule has 0 saturated carbocycles. The van der Waals surface area contributed by atoms with Gasteiger partial charge in [0, 0.05) is 11.1 Å². The van der Waals surface area contributed by atoms with Crippen LogP contribution in [-0.4, -0.2) is 16.8 Å². The van der Waals surface area contributed by atoms with E-state index in [0.29, 0.717) is 10.6 Å². The van der Waals surface area contributed by atoms with Crippen LogP contribution in [0.1, 0.15) is 11.1 Å². The molecule has 0 bridgehead atoms. The third kappa shape index (κ3) is 3.12. The number of nitro benzene ring substituents is 1. The molecule has 0 aromatic heterocycles. The molecule has 0 fully saturated rings. The van der Waals surface area contributed by atoms with Crippen LogP contribution >= 0.6 is 11.6 Å². The van der Waals surface area contributed by atoms with Gasteiger partial charge in [-0.05, 0) is 29.8 Å². The molecule has 2 aromatic rings. The molecule has 3 rings (SSSR count). The van der Waals surface area contributed by atoms with Gasteiger partial charge in [-0.2, -0.15) is 0 Å². The molecular weight excluding hydrogens is 320 g/mol. The predicted molar refractivity (Wildman–Crippen MR) is 85.2 cm³/mol. The maximum atomic E-state index is 11.9. The van der Waals surface area contributed by atoms with Gasteiger partial charge in [0.15, 0.2) is 5.70 Å². The molecule has 0 saturated heterocycles. The number of nitrogens with zero attached hydrogens (tertiary/aromatic N) is 2. The highest BCUT2D eigenvalue weighted by molar-refractivity contribution is 6.30. The normalized spacial score (nSPS) is 15.4. The largest absolute Gasteiger partial charge is 0.402 e. The van der Waals surface area contributed by atoms with E-state index in [1.807, 2.05) is 0 Å². The third-order valence-electron chi connectivity index (χ3n) is 3.13. The van der Waals surface area contributed by atoms with Crippen LogP contribution in [0.4, 0.5) is 5.69 Å². The average molecular weight is 329 g/mol. The summed E-state index contributed by atoms with van der Waals surface area (Å²) in [6.45, 7) is 0. The number of cyclic esters (lactones) is 1. The van der Waals surface area contributed by atoms with E-state index in [0.717, 1.165) is 0 Å². The van der Waals surface area contributed by atoms with Crippen molar-refractivity contribution in [1.29, 1.82) is 0 Å². The number of benzene rings is 2. The van der Waals surface area contributed by atoms with Gasteiger partial charge >= 0.3 is 5.97 Å². The van der Waals surface area contributed by atoms with Crippen molar-refractivity contribution < 1.29 is 14.5 Å². The summed E-state index contributed by atoms with van der Waals surface area (Å²) < 4.78 is 5.06. The summed E-state index contributed by atoms with van der Waals surface area (Å²) in [6.07, 6.45) is 1.53. The summed E-state index contributed by atoms with van der Waals surface area (Å²) in [5.41, 5.74) is 0.770. The number of hydrogen-bond acceptors (Lipinski definition) is 5. The van der Waals surface area contributed by atoms with Gasteiger partial charge in [-0.15, -0.1) is 0 Å². The Morgan fingerprint density at radius 3 is 2.52 bits per heavy atom. The second kappa shape index (κ2) is 6.02. The van der Waals surface area contributed by atoms with Crippen LogP contribution < -0.4 is 0 Å². The molecule has 6 nitrogen and oxygen atoms in total. The number of para-hydroxylation sites is 1. The molecule has 1 aliphatic heterocycles. The van der Waals surface area contributed by atoms with Crippen molar-refractivity contribution in [2.24, 2.45) is 4.99 Å². The second-order valence-electron chi connectivity index (χ2n) is 4.66. The zero-order chi connectivity index (χ0) is 16.4. The first-order valence-electron chi connectivity index (χ1n) is 6.56. The van der Waals surface area contributed by atoms with Crippen LogP contribution in [0.3, 0.4) is 0 Å². The summed E-state index contributed by atoms with van der Waals surface area (Å²) >= 11 is 5.80. The van der Waals surface area contributed by atoms with E-state index in [9.17, 15) is 14.9 Å². The minimum absolute atomic E-state index is 0.0699. The fraction of sp³-hybridized carbons (Fsp3) is 0. The summed E-state index contributed by atoms with van der Waals surface area (Å²) in [4.78, 5) is 26.5. The van der Waals surface area contributed by atoms with Crippen molar-refractivity contribution >= 4 is 35.2 Å². The quantitative estimate of drug-likeness (QED) is 0.373. The van der Waals surface area contributed by atoms with E-state index >= 15 is 0 Å². The number of rotatable bonds is 3. The van der Waals surface area contributed by atoms with Crippen LogP contribution in [0.5, 0.6) is 0 Å². The van der Waals surface area contributed by atoms with Gasteiger partial charge in [0.05, 0.1) is 4.92 Å². The fourth-order valence-electron chi connectivity index (χ4n) is 2.05. The zero-order valence-corrected chi connectivity index (χ0v) is 12.4. The van der Waals surface area contributed by atoms with E-state index in [4.69, 9.17) is 16.3 Å². The molecule has 2 aromatic carbocycles. The SMILES string of the molecule is O=C1OC(c2ccccc2[N+](=O)[O-])=N/C1=C\c1ccc(Cl)cc1. The summed E-state index contributed by atoms with van der Waals surface area (Å²) in [7, 11) is 0. The lowest BCUT2D eigenvalue weighted by molar-refractivity contribution is -0.385. The van der Waals surface area contributed by atoms with Gasteiger partial charge in [0.25, 0.3) is 5.69 Å². The third-order valence-corrected chi connectivity index (χ3v) is 3.38. The molecule has 1 heterocycles. The summed E-state index contributed by atoms with van der Waals surface area (Å²) in [6, 6.07) is 12.8. The van der Waals surface area contributed by atoms with Crippen molar-refractivity contribution in [2.45, 2.75) is 0 Å². The van der Waals surface area contributed by atoms with Crippen LogP contribution in [0.25, 0.3) is 6.08 Å². The fourth-order valence-corrected chi connectivity index (χ4v) is 2.18. The van der Waals surface area contributed by atoms with Crippen molar-refractivity contribution in [2.75, 3.05) is 0 Å². The molecule has 23 heavy (non-hydrogen) atoms. The molecule has 0 aliphatic carbocycles. The number of ether oxygens (including phenoxy) is 1. The molecule has 0 N–H and O–H groups in total. The topological polar surface area (TPSA) is 81.8 Å². The molecule has 0 amide bonds. The van der Waals surface area contributed by atoms with Crippen molar-refractivity contribution in [1.82, 2.24) is 0 Å². The Hall–Kier alpha value is -2.99. The second-order valence-corrected chi connectivity index (χ2v) is 5.10. The monoisotopic (exact) mass is 328 g/mol. The molecule has 0 unspecified atom stereocenters. The van der Waals surface area contributed by atoms with Crippen LogP contribution in [0.2, 0.25) is 5.02 Å². The Labute approximate surface area is 135 Å². The Kier molecular flexibility index (Phi) is 3.91. The molecular formula is C16H9ClN2O4. The van der Waals surface area contributed by atoms with Gasteiger partial charge in [-0.25, -0.2) is 9.79 Å². The lowest BCUT2D eigenvalue weighted by Crippen LogP contribution is -2.07. The van der Waals surface area contributed by atoms with E-state index in [-0.39, 0.29) is 22.8 Å². The number of hydrogen-bond donors (Lipinski definition) is 0. The Morgan fingerprint density at radius 2 is 1.83 bits per heavy atom. The summed E-state index contributed by atoms with van der Waals surface area (Å²) in [5.74, 6) is -0.740. The lowest BCUT2D eigenvalue weighted by Gasteiger charge is -2.00. The molecule has 0 radical (unpaired) electrons. The number of nitro groups is 1. The number of carbonyl (C=O) groups excluding carboxylic acids is 1. The van der Waals surface area contributed by atoms with E-state index in [1.54, 1.807) is 30.3 Å². The molecule has 1 aliphatic rings. The predicted octanol–water partition coefficient (Wildman–Crippen LogP) is 3.59. The molecule has 114 valence electrons. The van der Waals surface area contributed by atoms with Gasteiger partial charge < -0.3 is 4.74 Å². The van der Waals surface area contributed by atoms with E-state index < -0.39 is 10.9 Å². The lowest BCUT2D eigenvalue weighted by atomic mass is 10.2. The number of aliphatic imine (C=N–C) groups is 1. The molecule has 0 atom stereocenters.